The van der Waals surface area contributed by atoms with Crippen LogP contribution in [0.5, 0.6) is 0 Å². The van der Waals surface area contributed by atoms with Crippen molar-refractivity contribution in [2.45, 2.75) is 45.8 Å². The fourth-order valence-corrected chi connectivity index (χ4v) is 3.15. The summed E-state index contributed by atoms with van der Waals surface area (Å²) >= 11 is 0. The van der Waals surface area contributed by atoms with Gasteiger partial charge in [-0.05, 0) is 33.3 Å². The maximum absolute atomic E-state index is 12.9. The number of hydrogen-bond acceptors (Lipinski definition) is 6. The highest BCUT2D eigenvalue weighted by Crippen LogP contribution is 2.38. The summed E-state index contributed by atoms with van der Waals surface area (Å²) in [6.07, 6.45) is 0.00244. The van der Waals surface area contributed by atoms with Gasteiger partial charge in [0.1, 0.15) is 11.4 Å². The van der Waals surface area contributed by atoms with Crippen LogP contribution in [0.4, 0.5) is 4.79 Å². The molecule has 7 nitrogen and oxygen atoms in total. The van der Waals surface area contributed by atoms with Gasteiger partial charge in [-0.25, -0.2) is 9.59 Å². The van der Waals surface area contributed by atoms with E-state index in [1.807, 2.05) is 51.1 Å². The van der Waals surface area contributed by atoms with Crippen LogP contribution in [0, 0.1) is 0 Å². The van der Waals surface area contributed by atoms with E-state index in [0.29, 0.717) is 24.3 Å². The summed E-state index contributed by atoms with van der Waals surface area (Å²) in [7, 11) is 0. The molecule has 1 aromatic heterocycles. The molecule has 0 N–H and O–H groups in total. The molecule has 144 valence electrons. The predicted molar refractivity (Wildman–Crippen MR) is 97.4 cm³/mol. The molecule has 1 aromatic carbocycles. The van der Waals surface area contributed by atoms with Gasteiger partial charge in [-0.3, -0.25) is 4.90 Å². The summed E-state index contributed by atoms with van der Waals surface area (Å²) in [5.74, 6) is 0.0289. The number of hydrogen-bond donors (Lipinski definition) is 0. The van der Waals surface area contributed by atoms with E-state index >= 15 is 0 Å². The number of aromatic nitrogens is 1. The third kappa shape index (κ3) is 3.97. The normalized spacial score (nSPS) is 16.6. The van der Waals surface area contributed by atoms with E-state index in [2.05, 4.69) is 5.16 Å². The molecule has 0 aliphatic carbocycles. The van der Waals surface area contributed by atoms with Gasteiger partial charge in [0.25, 0.3) is 0 Å². The molecule has 2 heterocycles. The second kappa shape index (κ2) is 7.42. The summed E-state index contributed by atoms with van der Waals surface area (Å²) in [6, 6.07) is 8.93. The molecule has 0 saturated carbocycles. The van der Waals surface area contributed by atoms with Gasteiger partial charge in [-0.2, -0.15) is 0 Å². The molecular formula is C20H24N2O5. The largest absolute Gasteiger partial charge is 0.461 e. The van der Waals surface area contributed by atoms with Crippen LogP contribution in [0.2, 0.25) is 0 Å². The number of amides is 1. The van der Waals surface area contributed by atoms with Gasteiger partial charge in [-0.1, -0.05) is 35.5 Å². The highest BCUT2D eigenvalue weighted by atomic mass is 16.6. The Morgan fingerprint density at radius 1 is 1.26 bits per heavy atom. The van der Waals surface area contributed by atoms with Crippen LogP contribution < -0.4 is 0 Å². The number of ether oxygens (including phenoxy) is 2. The van der Waals surface area contributed by atoms with Crippen LogP contribution in [0.1, 0.15) is 61.1 Å². The zero-order valence-corrected chi connectivity index (χ0v) is 16.0. The molecule has 0 radical (unpaired) electrons. The van der Waals surface area contributed by atoms with Crippen molar-refractivity contribution in [1.29, 1.82) is 0 Å². The Bertz CT molecular complexity index is 823. The van der Waals surface area contributed by atoms with Crippen molar-refractivity contribution >= 4 is 12.1 Å². The average Bonchev–Trinajstić information content (AvgIpc) is 3.04. The minimum absolute atomic E-state index is 0.106. The number of carbonyl (C=O) groups is 2. The predicted octanol–water partition coefficient (Wildman–Crippen LogP) is 3.73. The van der Waals surface area contributed by atoms with Crippen LogP contribution in [0.15, 0.2) is 34.9 Å². The maximum Gasteiger partial charge on any atom is 0.411 e. The third-order valence-electron chi connectivity index (χ3n) is 4.18. The maximum atomic E-state index is 12.9. The molecule has 0 saturated heterocycles. The average molecular weight is 372 g/mol. The van der Waals surface area contributed by atoms with Crippen molar-refractivity contribution in [2.24, 2.45) is 0 Å². The zero-order valence-electron chi connectivity index (χ0n) is 16.0. The Morgan fingerprint density at radius 3 is 2.59 bits per heavy atom. The summed E-state index contributed by atoms with van der Waals surface area (Å²) in [4.78, 5) is 26.9. The lowest BCUT2D eigenvalue weighted by Gasteiger charge is -2.36. The molecule has 0 spiro atoms. The Balaban J connectivity index is 2.07. The number of rotatable bonds is 3. The topological polar surface area (TPSA) is 81.9 Å². The number of carbonyl (C=O) groups excluding carboxylic acids is 2. The first-order valence-electron chi connectivity index (χ1n) is 9.02. The molecule has 1 aliphatic rings. The van der Waals surface area contributed by atoms with Gasteiger partial charge in [0.05, 0.1) is 18.2 Å². The molecule has 1 atom stereocenters. The van der Waals surface area contributed by atoms with Crippen LogP contribution in [0.25, 0.3) is 0 Å². The van der Waals surface area contributed by atoms with E-state index < -0.39 is 23.7 Å². The van der Waals surface area contributed by atoms with Crippen molar-refractivity contribution in [2.75, 3.05) is 13.2 Å². The minimum Gasteiger partial charge on any atom is -0.461 e. The highest BCUT2D eigenvalue weighted by molar-refractivity contribution is 5.90. The number of nitrogens with zero attached hydrogens (tertiary/aromatic N) is 2. The summed E-state index contributed by atoms with van der Waals surface area (Å²) in [5, 5.41) is 3.93. The third-order valence-corrected chi connectivity index (χ3v) is 4.18. The lowest BCUT2D eigenvalue weighted by atomic mass is 9.91. The molecule has 0 bridgehead atoms. The van der Waals surface area contributed by atoms with Crippen LogP contribution in [-0.2, 0) is 15.9 Å². The van der Waals surface area contributed by atoms with Gasteiger partial charge in [0, 0.05) is 13.0 Å². The van der Waals surface area contributed by atoms with E-state index in [-0.39, 0.29) is 12.3 Å². The van der Waals surface area contributed by atoms with Crippen molar-refractivity contribution in [1.82, 2.24) is 10.1 Å². The zero-order chi connectivity index (χ0) is 19.6. The first kappa shape index (κ1) is 18.9. The second-order valence-electron chi connectivity index (χ2n) is 7.33. The van der Waals surface area contributed by atoms with Crippen molar-refractivity contribution in [3.8, 4) is 0 Å². The molecule has 3 rings (SSSR count). The number of benzene rings is 1. The Hall–Kier alpha value is -2.83. The fourth-order valence-electron chi connectivity index (χ4n) is 3.15. The first-order chi connectivity index (χ1) is 12.8. The summed E-state index contributed by atoms with van der Waals surface area (Å²) in [5.41, 5.74) is 0.890. The molecule has 1 unspecified atom stereocenters. The molecule has 1 aliphatic heterocycles. The van der Waals surface area contributed by atoms with Gasteiger partial charge < -0.3 is 14.0 Å². The number of fused-ring (bicyclic) bond motifs is 1. The van der Waals surface area contributed by atoms with E-state index in [0.717, 1.165) is 5.56 Å². The molecular weight excluding hydrogens is 348 g/mol. The molecule has 7 heteroatoms. The Labute approximate surface area is 158 Å². The molecule has 0 fully saturated rings. The summed E-state index contributed by atoms with van der Waals surface area (Å²) in [6.45, 7) is 7.82. The van der Waals surface area contributed by atoms with E-state index in [9.17, 15) is 9.59 Å². The molecule has 27 heavy (non-hydrogen) atoms. The van der Waals surface area contributed by atoms with E-state index in [1.54, 1.807) is 11.8 Å². The smallest absolute Gasteiger partial charge is 0.411 e. The first-order valence-corrected chi connectivity index (χ1v) is 9.02. The van der Waals surface area contributed by atoms with E-state index in [1.165, 1.54) is 0 Å². The van der Waals surface area contributed by atoms with Crippen molar-refractivity contribution in [3.63, 3.8) is 0 Å². The monoisotopic (exact) mass is 372 g/mol. The lowest BCUT2D eigenvalue weighted by molar-refractivity contribution is 0.0168. The SMILES string of the molecule is CCOC(=O)c1noc2c1C(c1ccccc1)N(C(=O)OC(C)(C)C)CC2. The van der Waals surface area contributed by atoms with Crippen LogP contribution in [0.3, 0.4) is 0 Å². The van der Waals surface area contributed by atoms with Crippen molar-refractivity contribution in [3.05, 3.63) is 52.9 Å². The van der Waals surface area contributed by atoms with Gasteiger partial charge in [0.15, 0.2) is 5.69 Å². The van der Waals surface area contributed by atoms with Gasteiger partial charge in [-0.15, -0.1) is 0 Å². The Kier molecular flexibility index (Phi) is 5.21. The molecule has 1 amide bonds. The number of esters is 1. The minimum atomic E-state index is -0.628. The van der Waals surface area contributed by atoms with Gasteiger partial charge in [0.2, 0.25) is 0 Å². The van der Waals surface area contributed by atoms with Crippen LogP contribution in [-0.4, -0.2) is 40.9 Å². The standard InChI is InChI=1S/C20H24N2O5/c1-5-25-18(23)16-15-14(27-21-16)11-12-22(19(24)26-20(2,3)4)17(15)13-9-7-6-8-10-13/h6-10,17H,5,11-12H2,1-4H3. The fraction of sp³-hybridized carbons (Fsp3) is 0.450. The quantitative estimate of drug-likeness (QED) is 0.764. The summed E-state index contributed by atoms with van der Waals surface area (Å²) < 4.78 is 16.1. The lowest BCUT2D eigenvalue weighted by Crippen LogP contribution is -2.43. The highest BCUT2D eigenvalue weighted by Gasteiger charge is 2.40. The van der Waals surface area contributed by atoms with Crippen molar-refractivity contribution < 1.29 is 23.6 Å². The van der Waals surface area contributed by atoms with Crippen LogP contribution >= 0.6 is 0 Å². The Morgan fingerprint density at radius 2 is 1.96 bits per heavy atom. The second-order valence-corrected chi connectivity index (χ2v) is 7.33. The van der Waals surface area contributed by atoms with E-state index in [4.69, 9.17) is 14.0 Å². The van der Waals surface area contributed by atoms with Gasteiger partial charge >= 0.3 is 12.1 Å². The molecule has 2 aromatic rings.